The Morgan fingerprint density at radius 2 is 2.35 bits per heavy atom. The predicted molar refractivity (Wildman–Crippen MR) is 66.3 cm³/mol. The van der Waals surface area contributed by atoms with Gasteiger partial charge in [0, 0.05) is 18.8 Å². The lowest BCUT2D eigenvalue weighted by Gasteiger charge is -2.35. The lowest BCUT2D eigenvalue weighted by molar-refractivity contribution is 0.0698. The third-order valence-electron chi connectivity index (χ3n) is 3.27. The summed E-state index contributed by atoms with van der Waals surface area (Å²) in [6.07, 6.45) is 4.91. The zero-order valence-corrected chi connectivity index (χ0v) is 9.89. The van der Waals surface area contributed by atoms with Gasteiger partial charge in [0.2, 0.25) is 0 Å². The van der Waals surface area contributed by atoms with Crippen molar-refractivity contribution in [1.29, 1.82) is 0 Å². The number of aromatic nitrogens is 1. The van der Waals surface area contributed by atoms with Gasteiger partial charge in [0.1, 0.15) is 0 Å². The number of rotatable bonds is 2. The number of carbonyl (C=O) groups is 1. The van der Waals surface area contributed by atoms with Crippen LogP contribution in [-0.2, 0) is 0 Å². The van der Waals surface area contributed by atoms with E-state index in [9.17, 15) is 4.79 Å². The van der Waals surface area contributed by atoms with Gasteiger partial charge in [-0.1, -0.05) is 0 Å². The highest BCUT2D eigenvalue weighted by molar-refractivity contribution is 5.96. The predicted octanol–water partition coefficient (Wildman–Crippen LogP) is 1.74. The third-order valence-corrected chi connectivity index (χ3v) is 3.27. The minimum Gasteiger partial charge on any atom is -0.478 e. The molecule has 5 heteroatoms. The Balaban J connectivity index is 2.38. The van der Waals surface area contributed by atoms with Gasteiger partial charge in [-0.05, 0) is 32.3 Å². The van der Waals surface area contributed by atoms with Crippen LogP contribution < -0.4 is 10.6 Å². The largest absolute Gasteiger partial charge is 0.478 e. The van der Waals surface area contributed by atoms with E-state index in [1.807, 2.05) is 0 Å². The summed E-state index contributed by atoms with van der Waals surface area (Å²) in [6.45, 7) is 3.01. The number of nitrogens with zero attached hydrogens (tertiary/aromatic N) is 2. The second-order valence-electron chi connectivity index (χ2n) is 4.44. The van der Waals surface area contributed by atoms with Crippen LogP contribution >= 0.6 is 0 Å². The highest BCUT2D eigenvalue weighted by Crippen LogP contribution is 2.29. The van der Waals surface area contributed by atoms with Gasteiger partial charge in [-0.15, -0.1) is 0 Å². The molecule has 1 fully saturated rings. The molecule has 0 bridgehead atoms. The Bertz CT molecular complexity index is 434. The van der Waals surface area contributed by atoms with Crippen molar-refractivity contribution in [1.82, 2.24) is 4.98 Å². The zero-order valence-electron chi connectivity index (χ0n) is 9.89. The smallest absolute Gasteiger partial charge is 0.337 e. The molecule has 3 N–H and O–H groups in total. The number of pyridine rings is 1. The molecule has 2 heterocycles. The van der Waals surface area contributed by atoms with Crippen LogP contribution in [-0.4, -0.2) is 28.6 Å². The van der Waals surface area contributed by atoms with Crippen LogP contribution in [0.15, 0.2) is 12.3 Å². The first-order valence-electron chi connectivity index (χ1n) is 5.85. The Morgan fingerprint density at radius 3 is 3.00 bits per heavy atom. The van der Waals surface area contributed by atoms with E-state index in [1.54, 1.807) is 0 Å². The van der Waals surface area contributed by atoms with E-state index in [1.165, 1.54) is 18.7 Å². The van der Waals surface area contributed by atoms with E-state index >= 15 is 0 Å². The topological polar surface area (TPSA) is 79.5 Å². The van der Waals surface area contributed by atoms with Crippen LogP contribution in [0.2, 0.25) is 0 Å². The van der Waals surface area contributed by atoms with Gasteiger partial charge in [0.15, 0.2) is 5.82 Å². The van der Waals surface area contributed by atoms with Gasteiger partial charge in [-0.3, -0.25) is 0 Å². The van der Waals surface area contributed by atoms with E-state index in [0.717, 1.165) is 19.4 Å². The van der Waals surface area contributed by atoms with Gasteiger partial charge in [-0.25, -0.2) is 9.78 Å². The number of piperidine rings is 1. The molecule has 1 aliphatic rings. The Hall–Kier alpha value is -1.78. The van der Waals surface area contributed by atoms with Crippen LogP contribution in [0.1, 0.15) is 36.5 Å². The van der Waals surface area contributed by atoms with E-state index < -0.39 is 5.97 Å². The molecule has 0 saturated carbocycles. The molecule has 1 saturated heterocycles. The number of nitrogens with two attached hydrogens (primary N) is 1. The average molecular weight is 235 g/mol. The summed E-state index contributed by atoms with van der Waals surface area (Å²) >= 11 is 0. The number of hydrogen-bond donors (Lipinski definition) is 2. The first-order valence-corrected chi connectivity index (χ1v) is 5.85. The molecule has 1 aromatic rings. The van der Waals surface area contributed by atoms with Gasteiger partial charge in [0.05, 0.1) is 11.3 Å². The lowest BCUT2D eigenvalue weighted by Crippen LogP contribution is -2.38. The van der Waals surface area contributed by atoms with Gasteiger partial charge >= 0.3 is 5.97 Å². The Labute approximate surface area is 100 Å². The van der Waals surface area contributed by atoms with Crippen molar-refractivity contribution in [2.75, 3.05) is 17.2 Å². The van der Waals surface area contributed by atoms with E-state index in [2.05, 4.69) is 16.8 Å². The molecule has 0 amide bonds. The molecular formula is C12H17N3O2. The number of carboxylic acids is 1. The quantitative estimate of drug-likeness (QED) is 0.816. The molecule has 0 aliphatic carbocycles. The molecule has 0 aromatic carbocycles. The minimum absolute atomic E-state index is 0.132. The second kappa shape index (κ2) is 4.61. The van der Waals surface area contributed by atoms with Crippen LogP contribution in [0, 0.1) is 0 Å². The first kappa shape index (κ1) is 11.7. The normalized spacial score (nSPS) is 20.3. The van der Waals surface area contributed by atoms with Crippen molar-refractivity contribution in [2.24, 2.45) is 0 Å². The highest BCUT2D eigenvalue weighted by atomic mass is 16.4. The SMILES string of the molecule is CC1CCCCN1c1nccc(C(=O)O)c1N. The fraction of sp³-hybridized carbons (Fsp3) is 0.500. The number of aromatic carboxylic acids is 1. The molecule has 1 aliphatic heterocycles. The summed E-state index contributed by atoms with van der Waals surface area (Å²) in [5.74, 6) is -0.395. The number of nitrogen functional groups attached to an aromatic ring is 1. The molecule has 0 spiro atoms. The Morgan fingerprint density at radius 1 is 1.59 bits per heavy atom. The highest BCUT2D eigenvalue weighted by Gasteiger charge is 2.23. The second-order valence-corrected chi connectivity index (χ2v) is 4.44. The van der Waals surface area contributed by atoms with Crippen LogP contribution in [0.3, 0.4) is 0 Å². The van der Waals surface area contributed by atoms with Crippen molar-refractivity contribution < 1.29 is 9.90 Å². The summed E-state index contributed by atoms with van der Waals surface area (Å²) in [4.78, 5) is 17.3. The molecule has 1 unspecified atom stereocenters. The lowest BCUT2D eigenvalue weighted by atomic mass is 10.0. The van der Waals surface area contributed by atoms with Gasteiger partial charge in [0.25, 0.3) is 0 Å². The summed E-state index contributed by atoms with van der Waals surface area (Å²) < 4.78 is 0. The van der Waals surface area contributed by atoms with Crippen molar-refractivity contribution in [3.63, 3.8) is 0 Å². The van der Waals surface area contributed by atoms with Crippen molar-refractivity contribution in [3.8, 4) is 0 Å². The molecule has 17 heavy (non-hydrogen) atoms. The number of hydrogen-bond acceptors (Lipinski definition) is 4. The summed E-state index contributed by atoms with van der Waals surface area (Å²) in [6, 6.07) is 1.80. The van der Waals surface area contributed by atoms with Crippen molar-refractivity contribution >= 4 is 17.5 Å². The first-order chi connectivity index (χ1) is 8.11. The molecule has 1 atom stereocenters. The van der Waals surface area contributed by atoms with E-state index in [4.69, 9.17) is 10.8 Å². The van der Waals surface area contributed by atoms with Crippen LogP contribution in [0.25, 0.3) is 0 Å². The Kier molecular flexibility index (Phi) is 3.17. The fourth-order valence-corrected chi connectivity index (χ4v) is 2.29. The summed E-state index contributed by atoms with van der Waals surface area (Å²) in [5, 5.41) is 9.03. The van der Waals surface area contributed by atoms with Gasteiger partial charge < -0.3 is 15.7 Å². The average Bonchev–Trinajstić information content (AvgIpc) is 2.30. The van der Waals surface area contributed by atoms with Crippen LogP contribution in [0.5, 0.6) is 0 Å². The molecule has 5 nitrogen and oxygen atoms in total. The fourth-order valence-electron chi connectivity index (χ4n) is 2.29. The maximum atomic E-state index is 11.0. The molecule has 92 valence electrons. The maximum Gasteiger partial charge on any atom is 0.337 e. The summed E-state index contributed by atoms with van der Waals surface area (Å²) in [7, 11) is 0. The minimum atomic E-state index is -1.00. The van der Waals surface area contributed by atoms with Crippen molar-refractivity contribution in [3.05, 3.63) is 17.8 Å². The monoisotopic (exact) mass is 235 g/mol. The number of anilines is 2. The zero-order chi connectivity index (χ0) is 12.4. The van der Waals surface area contributed by atoms with E-state index in [0.29, 0.717) is 11.9 Å². The molecule has 2 rings (SSSR count). The van der Waals surface area contributed by atoms with Gasteiger partial charge in [-0.2, -0.15) is 0 Å². The number of carboxylic acid groups (broad SMARTS) is 1. The molecular weight excluding hydrogens is 218 g/mol. The molecule has 0 radical (unpaired) electrons. The molecule has 1 aromatic heterocycles. The third kappa shape index (κ3) is 2.18. The van der Waals surface area contributed by atoms with E-state index in [-0.39, 0.29) is 11.3 Å². The van der Waals surface area contributed by atoms with Crippen LogP contribution in [0.4, 0.5) is 11.5 Å². The standard InChI is InChI=1S/C12H17N3O2/c1-8-4-2-3-7-15(8)11-10(13)9(12(16)17)5-6-14-11/h5-6,8H,2-4,7,13H2,1H3,(H,16,17). The summed E-state index contributed by atoms with van der Waals surface area (Å²) in [5.41, 5.74) is 6.30. The maximum absolute atomic E-state index is 11.0. The van der Waals surface area contributed by atoms with Crippen molar-refractivity contribution in [2.45, 2.75) is 32.2 Å².